The highest BCUT2D eigenvalue weighted by Gasteiger charge is 2.51. The summed E-state index contributed by atoms with van der Waals surface area (Å²) in [6, 6.07) is 8.57. The zero-order chi connectivity index (χ0) is 12.6. The molecular formula is C15H21NO. The van der Waals surface area contributed by atoms with Gasteiger partial charge in [-0.15, -0.1) is 0 Å². The van der Waals surface area contributed by atoms with Crippen LogP contribution in [0, 0.1) is 0 Å². The van der Waals surface area contributed by atoms with Gasteiger partial charge in [0.2, 0.25) is 5.91 Å². The van der Waals surface area contributed by atoms with Gasteiger partial charge in [0.05, 0.1) is 5.41 Å². The van der Waals surface area contributed by atoms with Gasteiger partial charge in [0, 0.05) is 14.1 Å². The van der Waals surface area contributed by atoms with E-state index in [1.807, 2.05) is 14.1 Å². The molecule has 0 atom stereocenters. The van der Waals surface area contributed by atoms with Crippen molar-refractivity contribution in [3.8, 4) is 0 Å². The van der Waals surface area contributed by atoms with Crippen molar-refractivity contribution in [2.75, 3.05) is 14.1 Å². The summed E-state index contributed by atoms with van der Waals surface area (Å²) in [7, 11) is 3.68. The van der Waals surface area contributed by atoms with Crippen LogP contribution in [0.15, 0.2) is 24.3 Å². The summed E-state index contributed by atoms with van der Waals surface area (Å²) >= 11 is 0. The minimum atomic E-state index is -0.209. The summed E-state index contributed by atoms with van der Waals surface area (Å²) in [5.74, 6) is 0.790. The van der Waals surface area contributed by atoms with Gasteiger partial charge in [-0.05, 0) is 29.9 Å². The summed E-state index contributed by atoms with van der Waals surface area (Å²) in [6.07, 6.45) is 1.98. The Hall–Kier alpha value is -1.31. The molecule has 2 rings (SSSR count). The van der Waals surface area contributed by atoms with Gasteiger partial charge < -0.3 is 4.90 Å². The first-order chi connectivity index (χ1) is 7.97. The predicted octanol–water partition coefficient (Wildman–Crippen LogP) is 2.93. The Bertz CT molecular complexity index is 413. The third-order valence-electron chi connectivity index (χ3n) is 3.70. The molecule has 1 aliphatic rings. The van der Waals surface area contributed by atoms with Gasteiger partial charge in [-0.3, -0.25) is 4.79 Å². The van der Waals surface area contributed by atoms with E-state index in [2.05, 4.69) is 38.1 Å². The molecule has 1 amide bonds. The average molecular weight is 231 g/mol. The lowest BCUT2D eigenvalue weighted by Gasteiger charge is -2.20. The van der Waals surface area contributed by atoms with Crippen molar-refractivity contribution >= 4 is 5.91 Å². The molecule has 0 aliphatic heterocycles. The first-order valence-corrected chi connectivity index (χ1v) is 6.29. The van der Waals surface area contributed by atoms with Crippen molar-refractivity contribution in [1.29, 1.82) is 0 Å². The molecule has 1 aliphatic carbocycles. The van der Waals surface area contributed by atoms with E-state index in [-0.39, 0.29) is 11.3 Å². The minimum absolute atomic E-state index is 0.209. The zero-order valence-corrected chi connectivity index (χ0v) is 11.2. The Balaban J connectivity index is 2.26. The number of likely N-dealkylation sites (N-methyl/N-ethyl adjacent to an activating group) is 1. The van der Waals surface area contributed by atoms with Crippen molar-refractivity contribution in [2.24, 2.45) is 0 Å². The maximum atomic E-state index is 12.2. The van der Waals surface area contributed by atoms with Crippen LogP contribution in [-0.2, 0) is 10.2 Å². The standard InChI is InChI=1S/C15H21NO/c1-11(2)12-5-7-13(8-6-12)15(9-10-15)14(17)16(3)4/h5-8,11H,9-10H2,1-4H3. The molecule has 0 saturated heterocycles. The molecule has 0 unspecified atom stereocenters. The summed E-state index contributed by atoms with van der Waals surface area (Å²) in [4.78, 5) is 13.9. The van der Waals surface area contributed by atoms with E-state index in [0.717, 1.165) is 12.8 Å². The average Bonchev–Trinajstić information content (AvgIpc) is 3.09. The zero-order valence-electron chi connectivity index (χ0n) is 11.2. The smallest absolute Gasteiger partial charge is 0.232 e. The van der Waals surface area contributed by atoms with Crippen LogP contribution in [0.3, 0.4) is 0 Å². The van der Waals surface area contributed by atoms with Crippen LogP contribution in [0.2, 0.25) is 0 Å². The van der Waals surface area contributed by atoms with E-state index in [1.165, 1.54) is 11.1 Å². The quantitative estimate of drug-likeness (QED) is 0.783. The Kier molecular flexibility index (Phi) is 2.98. The lowest BCUT2D eigenvalue weighted by molar-refractivity contribution is -0.131. The first kappa shape index (κ1) is 12.2. The summed E-state index contributed by atoms with van der Waals surface area (Å²) in [5.41, 5.74) is 2.31. The lowest BCUT2D eigenvalue weighted by atomic mass is 9.92. The molecule has 0 heterocycles. The third-order valence-corrected chi connectivity index (χ3v) is 3.70. The normalized spacial score (nSPS) is 17.0. The number of amides is 1. The number of nitrogens with zero attached hydrogens (tertiary/aromatic N) is 1. The van der Waals surface area contributed by atoms with Gasteiger partial charge in [0.15, 0.2) is 0 Å². The summed E-state index contributed by atoms with van der Waals surface area (Å²) in [5, 5.41) is 0. The van der Waals surface area contributed by atoms with Gasteiger partial charge in [0.1, 0.15) is 0 Å². The van der Waals surface area contributed by atoms with Crippen molar-refractivity contribution in [3.63, 3.8) is 0 Å². The maximum Gasteiger partial charge on any atom is 0.232 e. The fraction of sp³-hybridized carbons (Fsp3) is 0.533. The highest BCUT2D eigenvalue weighted by molar-refractivity contribution is 5.90. The van der Waals surface area contributed by atoms with Crippen LogP contribution in [-0.4, -0.2) is 24.9 Å². The number of carbonyl (C=O) groups excluding carboxylic acids is 1. The fourth-order valence-corrected chi connectivity index (χ4v) is 2.37. The summed E-state index contributed by atoms with van der Waals surface area (Å²) < 4.78 is 0. The van der Waals surface area contributed by atoms with Crippen LogP contribution >= 0.6 is 0 Å². The van der Waals surface area contributed by atoms with Crippen LogP contribution in [0.25, 0.3) is 0 Å². The predicted molar refractivity (Wildman–Crippen MR) is 70.1 cm³/mol. The molecule has 17 heavy (non-hydrogen) atoms. The fourth-order valence-electron chi connectivity index (χ4n) is 2.37. The molecule has 1 saturated carbocycles. The van der Waals surface area contributed by atoms with Gasteiger partial charge in [0.25, 0.3) is 0 Å². The molecule has 0 spiro atoms. The Morgan fingerprint density at radius 2 is 1.71 bits per heavy atom. The SMILES string of the molecule is CC(C)c1ccc(C2(C(=O)N(C)C)CC2)cc1. The topological polar surface area (TPSA) is 20.3 Å². The minimum Gasteiger partial charge on any atom is -0.348 e. The van der Waals surface area contributed by atoms with Crippen LogP contribution in [0.5, 0.6) is 0 Å². The second-order valence-corrected chi connectivity index (χ2v) is 5.56. The number of hydrogen-bond acceptors (Lipinski definition) is 1. The monoisotopic (exact) mass is 231 g/mol. The van der Waals surface area contributed by atoms with E-state index in [0.29, 0.717) is 5.92 Å². The third kappa shape index (κ3) is 2.08. The molecule has 92 valence electrons. The molecule has 2 heteroatoms. The highest BCUT2D eigenvalue weighted by Crippen LogP contribution is 2.49. The van der Waals surface area contributed by atoms with Gasteiger partial charge in [-0.2, -0.15) is 0 Å². The molecule has 1 aromatic rings. The second-order valence-electron chi connectivity index (χ2n) is 5.56. The number of carbonyl (C=O) groups is 1. The van der Waals surface area contributed by atoms with Crippen molar-refractivity contribution in [1.82, 2.24) is 4.90 Å². The Morgan fingerprint density at radius 1 is 1.18 bits per heavy atom. The van der Waals surface area contributed by atoms with Crippen LogP contribution in [0.4, 0.5) is 0 Å². The van der Waals surface area contributed by atoms with E-state index in [9.17, 15) is 4.79 Å². The van der Waals surface area contributed by atoms with Crippen LogP contribution < -0.4 is 0 Å². The van der Waals surface area contributed by atoms with E-state index in [1.54, 1.807) is 4.90 Å². The number of rotatable bonds is 3. The lowest BCUT2D eigenvalue weighted by Crippen LogP contribution is -2.33. The van der Waals surface area contributed by atoms with E-state index in [4.69, 9.17) is 0 Å². The van der Waals surface area contributed by atoms with Crippen molar-refractivity contribution in [2.45, 2.75) is 38.0 Å². The van der Waals surface area contributed by atoms with E-state index >= 15 is 0 Å². The van der Waals surface area contributed by atoms with Gasteiger partial charge >= 0.3 is 0 Å². The highest BCUT2D eigenvalue weighted by atomic mass is 16.2. The van der Waals surface area contributed by atoms with Crippen LogP contribution in [0.1, 0.15) is 43.7 Å². The van der Waals surface area contributed by atoms with Crippen molar-refractivity contribution < 1.29 is 4.79 Å². The second kappa shape index (κ2) is 4.17. The molecule has 1 fully saturated rings. The van der Waals surface area contributed by atoms with E-state index < -0.39 is 0 Å². The van der Waals surface area contributed by atoms with Crippen molar-refractivity contribution in [3.05, 3.63) is 35.4 Å². The largest absolute Gasteiger partial charge is 0.348 e. The van der Waals surface area contributed by atoms with Gasteiger partial charge in [-0.1, -0.05) is 38.1 Å². The first-order valence-electron chi connectivity index (χ1n) is 6.29. The molecule has 2 nitrogen and oxygen atoms in total. The number of hydrogen-bond donors (Lipinski definition) is 0. The Labute approximate surface area is 104 Å². The molecule has 0 bridgehead atoms. The number of benzene rings is 1. The van der Waals surface area contributed by atoms with Gasteiger partial charge in [-0.25, -0.2) is 0 Å². The summed E-state index contributed by atoms with van der Waals surface area (Å²) in [6.45, 7) is 4.37. The molecule has 1 aromatic carbocycles. The Morgan fingerprint density at radius 3 is 2.06 bits per heavy atom. The molecular weight excluding hydrogens is 210 g/mol. The molecule has 0 aromatic heterocycles. The molecule has 0 radical (unpaired) electrons. The maximum absolute atomic E-state index is 12.2. The molecule has 0 N–H and O–H groups in total.